The van der Waals surface area contributed by atoms with Crippen molar-refractivity contribution in [3.05, 3.63) is 11.1 Å². The standard InChI is InChI=1S/C22H34O6.Ac/c1-10-7-14-21(26,9-28-14)17-12(3)22(27)8-13(23)11(2)15(19(22,4)5)16(24)18(25)20(10,17)6;/h10,12-14,16-17,23-24,26-27H,7-9H2,1-6H3;/t10-,12-,13?,14?,16?,17?,20+,21-,22?;/m0./s1. The molecule has 1 aliphatic heterocycles. The van der Waals surface area contributed by atoms with Crippen LogP contribution in [0.3, 0.4) is 0 Å². The van der Waals surface area contributed by atoms with Gasteiger partial charge in [0.15, 0.2) is 5.78 Å². The van der Waals surface area contributed by atoms with Crippen LogP contribution in [0.25, 0.3) is 0 Å². The Morgan fingerprint density at radius 1 is 1.10 bits per heavy atom. The number of ketones is 1. The van der Waals surface area contributed by atoms with Gasteiger partial charge in [-0.2, -0.15) is 0 Å². The number of fused-ring (bicyclic) bond motifs is 5. The summed E-state index contributed by atoms with van der Waals surface area (Å²) in [6, 6.07) is 0. The predicted octanol–water partition coefficient (Wildman–Crippen LogP) is 1.20. The van der Waals surface area contributed by atoms with Crippen LogP contribution >= 0.6 is 0 Å². The largest absolute Gasteiger partial charge is 0.389 e. The van der Waals surface area contributed by atoms with Crippen molar-refractivity contribution in [2.45, 2.75) is 83.9 Å². The Morgan fingerprint density at radius 2 is 1.69 bits per heavy atom. The maximum Gasteiger partial charge on any atom is 0.172 e. The topological polar surface area (TPSA) is 107 Å². The zero-order valence-electron chi connectivity index (χ0n) is 18.3. The van der Waals surface area contributed by atoms with E-state index >= 15 is 0 Å². The van der Waals surface area contributed by atoms with Gasteiger partial charge in [0.05, 0.1) is 24.4 Å². The Labute approximate surface area is 208 Å². The van der Waals surface area contributed by atoms with Crippen LogP contribution in [0.2, 0.25) is 0 Å². The Morgan fingerprint density at radius 3 is 2.21 bits per heavy atom. The van der Waals surface area contributed by atoms with E-state index in [0.717, 1.165) is 0 Å². The summed E-state index contributed by atoms with van der Waals surface area (Å²) in [6.07, 6.45) is -2.08. The minimum absolute atomic E-state index is 0. The molecule has 29 heavy (non-hydrogen) atoms. The maximum absolute atomic E-state index is 13.8. The smallest absolute Gasteiger partial charge is 0.172 e. The number of Topliss-reactive ketones (excluding diaryl/α,β-unsaturated/α-hetero) is 1. The maximum atomic E-state index is 13.8. The van der Waals surface area contributed by atoms with Gasteiger partial charge in [0, 0.05) is 67.2 Å². The molecule has 3 aliphatic carbocycles. The van der Waals surface area contributed by atoms with Gasteiger partial charge in [-0.15, -0.1) is 0 Å². The van der Waals surface area contributed by atoms with Gasteiger partial charge in [-0.25, -0.2) is 0 Å². The number of ether oxygens (including phenoxy) is 1. The summed E-state index contributed by atoms with van der Waals surface area (Å²) < 4.78 is 5.65. The fraction of sp³-hybridized carbons (Fsp3) is 0.864. The zero-order chi connectivity index (χ0) is 21.0. The Bertz CT molecular complexity index is 764. The van der Waals surface area contributed by atoms with Crippen LogP contribution in [-0.4, -0.2) is 62.3 Å². The molecule has 1 radical (unpaired) electrons. The normalized spacial score (nSPS) is 53.7. The SMILES string of the molecule is CC1=C2C(O)C(=O)[C@@]3(C)C([C@H](C)C(O)(CC1O)C2(C)C)[C@]1(O)COC1C[C@@H]3C.[Ac]. The van der Waals surface area contributed by atoms with Gasteiger partial charge < -0.3 is 25.2 Å². The molecule has 2 bridgehead atoms. The molecule has 9 atom stereocenters. The molecule has 0 aromatic rings. The molecular formula is C22H34AcO6. The van der Waals surface area contributed by atoms with E-state index in [1.54, 1.807) is 6.92 Å². The van der Waals surface area contributed by atoms with E-state index in [-0.39, 0.29) is 74.9 Å². The third kappa shape index (κ3) is 2.71. The molecule has 6 nitrogen and oxygen atoms in total. The van der Waals surface area contributed by atoms with Crippen molar-refractivity contribution in [3.63, 3.8) is 0 Å². The minimum Gasteiger partial charge on any atom is -0.389 e. The molecule has 0 aromatic carbocycles. The fourth-order valence-electron chi connectivity index (χ4n) is 7.30. The molecular weight excluding hydrogens is 587 g/mol. The molecule has 4 rings (SSSR count). The molecule has 4 aliphatic rings. The molecule has 1 heterocycles. The molecule has 3 fully saturated rings. The van der Waals surface area contributed by atoms with Crippen LogP contribution in [0.15, 0.2) is 11.1 Å². The molecule has 7 heteroatoms. The molecule has 0 amide bonds. The van der Waals surface area contributed by atoms with Crippen LogP contribution in [0.4, 0.5) is 0 Å². The Kier molecular flexibility index (Phi) is 5.93. The molecule has 2 saturated carbocycles. The van der Waals surface area contributed by atoms with Crippen molar-refractivity contribution in [2.24, 2.45) is 28.6 Å². The summed E-state index contributed by atoms with van der Waals surface area (Å²) in [5, 5.41) is 45.5. The summed E-state index contributed by atoms with van der Waals surface area (Å²) in [4.78, 5) is 13.8. The number of hydrogen-bond donors (Lipinski definition) is 4. The third-order valence-corrected chi connectivity index (χ3v) is 9.34. The average Bonchev–Trinajstić information content (AvgIpc) is 2.60. The van der Waals surface area contributed by atoms with Crippen molar-refractivity contribution in [1.29, 1.82) is 0 Å². The third-order valence-electron chi connectivity index (χ3n) is 9.34. The number of hydrogen-bond acceptors (Lipinski definition) is 6. The summed E-state index contributed by atoms with van der Waals surface area (Å²) in [5.41, 5.74) is -3.55. The van der Waals surface area contributed by atoms with Gasteiger partial charge in [-0.1, -0.05) is 34.6 Å². The molecule has 0 aromatic heterocycles. The molecule has 0 spiro atoms. The van der Waals surface area contributed by atoms with Crippen LogP contribution in [-0.2, 0) is 9.53 Å². The molecule has 5 unspecified atom stereocenters. The van der Waals surface area contributed by atoms with Crippen LogP contribution in [0.5, 0.6) is 0 Å². The summed E-state index contributed by atoms with van der Waals surface area (Å²) in [6.45, 7) is 11.2. The first-order valence-electron chi connectivity index (χ1n) is 10.4. The summed E-state index contributed by atoms with van der Waals surface area (Å²) >= 11 is 0. The average molecular weight is 622 g/mol. The quantitative estimate of drug-likeness (QED) is 0.303. The van der Waals surface area contributed by atoms with E-state index in [4.69, 9.17) is 4.74 Å². The Hall–Kier alpha value is 0.652. The summed E-state index contributed by atoms with van der Waals surface area (Å²) in [5.74, 6) is -1.51. The number of aliphatic hydroxyl groups excluding tert-OH is 2. The van der Waals surface area contributed by atoms with Crippen molar-refractivity contribution in [3.8, 4) is 0 Å². The van der Waals surface area contributed by atoms with Crippen LogP contribution in [0, 0.1) is 72.6 Å². The first kappa shape index (κ1) is 24.3. The number of carbonyl (C=O) groups excluding carboxylic acids is 1. The Balaban J connectivity index is 0.00000240. The predicted molar refractivity (Wildman–Crippen MR) is 102 cm³/mol. The summed E-state index contributed by atoms with van der Waals surface area (Å²) in [7, 11) is 0. The van der Waals surface area contributed by atoms with Gasteiger partial charge in [0.25, 0.3) is 0 Å². The van der Waals surface area contributed by atoms with Crippen LogP contribution < -0.4 is 0 Å². The second-order valence-electron chi connectivity index (χ2n) is 10.6. The van der Waals surface area contributed by atoms with Crippen molar-refractivity contribution in [2.75, 3.05) is 6.61 Å². The van der Waals surface area contributed by atoms with E-state index in [0.29, 0.717) is 17.6 Å². The minimum atomic E-state index is -1.42. The van der Waals surface area contributed by atoms with E-state index in [9.17, 15) is 25.2 Å². The molecule has 161 valence electrons. The van der Waals surface area contributed by atoms with Crippen LogP contribution in [0.1, 0.15) is 54.4 Å². The first-order chi connectivity index (χ1) is 12.7. The van der Waals surface area contributed by atoms with Gasteiger partial charge in [-0.05, 0) is 36.3 Å². The number of aliphatic hydroxyl groups is 4. The fourth-order valence-corrected chi connectivity index (χ4v) is 7.30. The van der Waals surface area contributed by atoms with E-state index in [2.05, 4.69) is 0 Å². The first-order valence-corrected chi connectivity index (χ1v) is 10.4. The molecule has 4 N–H and O–H groups in total. The van der Waals surface area contributed by atoms with E-state index < -0.39 is 46.1 Å². The van der Waals surface area contributed by atoms with Crippen molar-refractivity contribution >= 4 is 5.78 Å². The zero-order valence-corrected chi connectivity index (χ0v) is 23.0. The van der Waals surface area contributed by atoms with Gasteiger partial charge in [-0.3, -0.25) is 4.79 Å². The van der Waals surface area contributed by atoms with Gasteiger partial charge in [0.1, 0.15) is 11.7 Å². The monoisotopic (exact) mass is 621 g/mol. The van der Waals surface area contributed by atoms with E-state index in [1.807, 2.05) is 34.6 Å². The second kappa shape index (κ2) is 7.07. The number of carbonyl (C=O) groups is 1. The second-order valence-corrected chi connectivity index (χ2v) is 10.6. The van der Waals surface area contributed by atoms with Crippen molar-refractivity contribution in [1.82, 2.24) is 0 Å². The van der Waals surface area contributed by atoms with E-state index in [1.165, 1.54) is 0 Å². The van der Waals surface area contributed by atoms with Gasteiger partial charge in [0.2, 0.25) is 0 Å². The van der Waals surface area contributed by atoms with Crippen molar-refractivity contribution < 1.29 is 74.0 Å². The number of rotatable bonds is 0. The van der Waals surface area contributed by atoms with Gasteiger partial charge >= 0.3 is 0 Å². The molecule has 1 saturated heterocycles.